The van der Waals surface area contributed by atoms with Gasteiger partial charge in [0, 0.05) is 38.8 Å². The predicted octanol–water partition coefficient (Wildman–Crippen LogP) is 2.69. The van der Waals surface area contributed by atoms with Crippen LogP contribution in [0.15, 0.2) is 29.2 Å². The van der Waals surface area contributed by atoms with Crippen LogP contribution >= 0.6 is 0 Å². The Morgan fingerprint density at radius 1 is 0.912 bits per heavy atom. The maximum absolute atomic E-state index is 14.5. The van der Waals surface area contributed by atoms with Crippen molar-refractivity contribution < 1.29 is 36.3 Å². The molecule has 0 unspecified atom stereocenters. The van der Waals surface area contributed by atoms with Crippen LogP contribution in [0.1, 0.15) is 45.1 Å². The molecule has 1 N–H and O–H groups in total. The van der Waals surface area contributed by atoms with Gasteiger partial charge < -0.3 is 14.8 Å². The van der Waals surface area contributed by atoms with Gasteiger partial charge in [0.1, 0.15) is 0 Å². The first-order valence-electron chi connectivity index (χ1n) is 11.5. The zero-order chi connectivity index (χ0) is 25.4. The lowest BCUT2D eigenvalue weighted by atomic mass is 9.95. The molecule has 0 amide bonds. The number of carbonyl (C=O) groups is 2. The Labute approximate surface area is 200 Å². The highest BCUT2D eigenvalue weighted by Gasteiger charge is 2.45. The van der Waals surface area contributed by atoms with Crippen molar-refractivity contribution in [3.8, 4) is 0 Å². The van der Waals surface area contributed by atoms with E-state index in [1.807, 2.05) is 6.92 Å². The fourth-order valence-electron chi connectivity index (χ4n) is 3.69. The molecule has 2 fully saturated rings. The third kappa shape index (κ3) is 6.96. The normalized spacial score (nSPS) is 19.9. The highest BCUT2D eigenvalue weighted by molar-refractivity contribution is 7.89. The van der Waals surface area contributed by atoms with Gasteiger partial charge in [-0.3, -0.25) is 0 Å². The molecular formula is C23H34F2N2O6S. The lowest BCUT2D eigenvalue weighted by Crippen LogP contribution is -2.48. The molecule has 0 saturated carbocycles. The second-order valence-electron chi connectivity index (χ2n) is 8.34. The van der Waals surface area contributed by atoms with Crippen LogP contribution in [0.4, 0.5) is 8.78 Å². The summed E-state index contributed by atoms with van der Waals surface area (Å²) in [6.07, 6.45) is 0.0888. The van der Waals surface area contributed by atoms with Crippen molar-refractivity contribution in [1.82, 2.24) is 9.62 Å². The van der Waals surface area contributed by atoms with E-state index in [9.17, 15) is 26.8 Å². The number of hydrogen-bond acceptors (Lipinski definition) is 7. The molecule has 0 aromatic heterocycles. The molecule has 34 heavy (non-hydrogen) atoms. The lowest BCUT2D eigenvalue weighted by molar-refractivity contribution is -0.160. The van der Waals surface area contributed by atoms with E-state index in [-0.39, 0.29) is 56.9 Å². The molecule has 192 valence electrons. The summed E-state index contributed by atoms with van der Waals surface area (Å²) in [6, 6.07) is 6.50. The average Bonchev–Trinajstić information content (AvgIpc) is 2.81. The van der Waals surface area contributed by atoms with Gasteiger partial charge in [0.25, 0.3) is 0 Å². The minimum atomic E-state index is -3.65. The quantitative estimate of drug-likeness (QED) is 0.595. The second-order valence-corrected chi connectivity index (χ2v) is 10.3. The van der Waals surface area contributed by atoms with E-state index >= 15 is 0 Å². The number of hydrogen-bond donors (Lipinski definition) is 1. The number of esters is 2. The molecule has 0 radical (unpaired) electrons. The van der Waals surface area contributed by atoms with E-state index in [0.29, 0.717) is 13.1 Å². The summed E-state index contributed by atoms with van der Waals surface area (Å²) < 4.78 is 63.7. The molecule has 0 atom stereocenters. The summed E-state index contributed by atoms with van der Waals surface area (Å²) in [7, 11) is -3.65. The molecule has 11 heteroatoms. The third-order valence-corrected chi connectivity index (χ3v) is 7.77. The number of ether oxygens (including phenoxy) is 2. The van der Waals surface area contributed by atoms with E-state index in [0.717, 1.165) is 5.56 Å². The van der Waals surface area contributed by atoms with Crippen molar-refractivity contribution in [2.45, 2.75) is 62.7 Å². The first-order chi connectivity index (χ1) is 16.0. The van der Waals surface area contributed by atoms with Gasteiger partial charge in [-0.05, 0) is 46.0 Å². The summed E-state index contributed by atoms with van der Waals surface area (Å²) in [5.41, 5.74) is -2.86. The summed E-state index contributed by atoms with van der Waals surface area (Å²) in [6.45, 7) is 6.55. The average molecular weight is 505 g/mol. The summed E-state index contributed by atoms with van der Waals surface area (Å²) in [5.74, 6) is -1.60. The van der Waals surface area contributed by atoms with Crippen LogP contribution in [0.2, 0.25) is 0 Å². The lowest BCUT2D eigenvalue weighted by Gasteiger charge is -2.33. The zero-order valence-electron chi connectivity index (χ0n) is 19.9. The first kappa shape index (κ1) is 28.1. The SMILES string of the molecule is CCOC(=O)C1(F)CCN(S(=O)(=O)c2ccc(C)cc2)CC1.CCOC(=O)C1(F)CCNCC1. The van der Waals surface area contributed by atoms with Gasteiger partial charge in [-0.15, -0.1) is 0 Å². The standard InChI is InChI=1S/C15H20FNO4S.C8H14FNO2/c1-3-21-14(18)15(16)8-10-17(11-9-15)22(19,20)13-6-4-12(2)5-7-13;1-2-12-7(11)8(9)3-5-10-6-4-8/h4-7H,3,8-11H2,1-2H3;10H,2-6H2,1H3. The third-order valence-electron chi connectivity index (χ3n) is 5.85. The van der Waals surface area contributed by atoms with Crippen LogP contribution in [-0.4, -0.2) is 75.4 Å². The van der Waals surface area contributed by atoms with Gasteiger partial charge in [-0.2, -0.15) is 4.31 Å². The molecule has 0 aliphatic carbocycles. The van der Waals surface area contributed by atoms with Crippen LogP contribution in [0.5, 0.6) is 0 Å². The van der Waals surface area contributed by atoms with Crippen LogP contribution < -0.4 is 5.32 Å². The van der Waals surface area contributed by atoms with Crippen molar-refractivity contribution in [2.75, 3.05) is 39.4 Å². The maximum Gasteiger partial charge on any atom is 0.343 e. The van der Waals surface area contributed by atoms with Crippen molar-refractivity contribution in [3.63, 3.8) is 0 Å². The van der Waals surface area contributed by atoms with Gasteiger partial charge >= 0.3 is 11.9 Å². The second kappa shape index (κ2) is 12.0. The van der Waals surface area contributed by atoms with Gasteiger partial charge in [-0.25, -0.2) is 26.8 Å². The number of alkyl halides is 2. The maximum atomic E-state index is 14.5. The Morgan fingerprint density at radius 3 is 1.79 bits per heavy atom. The molecular weight excluding hydrogens is 470 g/mol. The summed E-state index contributed by atoms with van der Waals surface area (Å²) >= 11 is 0. The molecule has 0 bridgehead atoms. The fourth-order valence-corrected chi connectivity index (χ4v) is 5.13. The monoisotopic (exact) mass is 504 g/mol. The van der Waals surface area contributed by atoms with Gasteiger partial charge in [0.05, 0.1) is 18.1 Å². The number of aryl methyl sites for hydroxylation is 1. The Kier molecular flexibility index (Phi) is 9.96. The van der Waals surface area contributed by atoms with Gasteiger partial charge in [0.15, 0.2) is 0 Å². The van der Waals surface area contributed by atoms with E-state index in [4.69, 9.17) is 4.74 Å². The Bertz CT molecular complexity index is 925. The van der Waals surface area contributed by atoms with Crippen molar-refractivity contribution in [2.24, 2.45) is 0 Å². The van der Waals surface area contributed by atoms with Crippen molar-refractivity contribution >= 4 is 22.0 Å². The topological polar surface area (TPSA) is 102 Å². The Balaban J connectivity index is 0.000000287. The highest BCUT2D eigenvalue weighted by atomic mass is 32.2. The number of halogens is 2. The molecule has 2 heterocycles. The molecule has 0 spiro atoms. The minimum Gasteiger partial charge on any atom is -0.464 e. The Morgan fingerprint density at radius 2 is 1.35 bits per heavy atom. The van der Waals surface area contributed by atoms with Gasteiger partial charge in [0.2, 0.25) is 21.4 Å². The van der Waals surface area contributed by atoms with Crippen LogP contribution in [-0.2, 0) is 29.1 Å². The molecule has 8 nitrogen and oxygen atoms in total. The predicted molar refractivity (Wildman–Crippen MR) is 122 cm³/mol. The van der Waals surface area contributed by atoms with E-state index in [1.165, 1.54) is 16.4 Å². The molecule has 1 aromatic rings. The van der Waals surface area contributed by atoms with Crippen molar-refractivity contribution in [1.29, 1.82) is 0 Å². The summed E-state index contributed by atoms with van der Waals surface area (Å²) in [4.78, 5) is 22.9. The zero-order valence-corrected chi connectivity index (χ0v) is 20.8. The fraction of sp³-hybridized carbons (Fsp3) is 0.652. The Hall–Kier alpha value is -2.11. The van der Waals surface area contributed by atoms with E-state index in [1.54, 1.807) is 26.0 Å². The number of sulfonamides is 1. The number of benzene rings is 1. The van der Waals surface area contributed by atoms with Crippen LogP contribution in [0.3, 0.4) is 0 Å². The molecule has 2 saturated heterocycles. The first-order valence-corrected chi connectivity index (χ1v) is 12.9. The van der Waals surface area contributed by atoms with Crippen LogP contribution in [0, 0.1) is 6.92 Å². The van der Waals surface area contributed by atoms with E-state index < -0.39 is 33.3 Å². The van der Waals surface area contributed by atoms with Crippen molar-refractivity contribution in [3.05, 3.63) is 29.8 Å². The number of nitrogens with zero attached hydrogens (tertiary/aromatic N) is 1. The number of piperidine rings is 2. The smallest absolute Gasteiger partial charge is 0.343 e. The summed E-state index contributed by atoms with van der Waals surface area (Å²) in [5, 5.41) is 2.99. The van der Waals surface area contributed by atoms with E-state index in [2.05, 4.69) is 10.1 Å². The largest absolute Gasteiger partial charge is 0.464 e. The molecule has 2 aliphatic rings. The molecule has 1 aromatic carbocycles. The number of nitrogens with one attached hydrogen (secondary N) is 1. The number of rotatable bonds is 6. The molecule has 3 rings (SSSR count). The van der Waals surface area contributed by atoms with Crippen LogP contribution in [0.25, 0.3) is 0 Å². The number of carbonyl (C=O) groups excluding carboxylic acids is 2. The minimum absolute atomic E-state index is 0.0362. The molecule has 2 aliphatic heterocycles. The highest BCUT2D eigenvalue weighted by Crippen LogP contribution is 2.31. The van der Waals surface area contributed by atoms with Gasteiger partial charge in [-0.1, -0.05) is 17.7 Å².